The van der Waals surface area contributed by atoms with Gasteiger partial charge >= 0.3 is 0 Å². The first-order valence-corrected chi connectivity index (χ1v) is 4.87. The summed E-state index contributed by atoms with van der Waals surface area (Å²) in [5.41, 5.74) is 5.96. The van der Waals surface area contributed by atoms with E-state index in [2.05, 4.69) is 10.3 Å². The van der Waals surface area contributed by atoms with Gasteiger partial charge in [0.25, 0.3) is 0 Å². The monoisotopic (exact) mass is 193 g/mol. The lowest BCUT2D eigenvalue weighted by Crippen LogP contribution is -2.47. The summed E-state index contributed by atoms with van der Waals surface area (Å²) >= 11 is 0. The summed E-state index contributed by atoms with van der Waals surface area (Å²) in [6.07, 6.45) is 2.67. The zero-order chi connectivity index (χ0) is 9.80. The van der Waals surface area contributed by atoms with E-state index in [1.54, 1.807) is 6.20 Å². The second-order valence-corrected chi connectivity index (χ2v) is 3.49. The van der Waals surface area contributed by atoms with Crippen LogP contribution >= 0.6 is 0 Å². The number of anilines is 1. The van der Waals surface area contributed by atoms with Crippen LogP contribution in [0.2, 0.25) is 0 Å². The lowest BCUT2D eigenvalue weighted by Gasteiger charge is -2.29. The number of nitrogens with zero attached hydrogens (tertiary/aromatic N) is 1. The van der Waals surface area contributed by atoms with Gasteiger partial charge in [0.15, 0.2) is 0 Å². The van der Waals surface area contributed by atoms with E-state index >= 15 is 0 Å². The topological polar surface area (TPSA) is 60.2 Å². The molecule has 0 radical (unpaired) electrons. The van der Waals surface area contributed by atoms with Crippen molar-refractivity contribution < 1.29 is 4.74 Å². The van der Waals surface area contributed by atoms with E-state index in [0.717, 1.165) is 18.8 Å². The van der Waals surface area contributed by atoms with Crippen molar-refractivity contribution in [1.29, 1.82) is 0 Å². The van der Waals surface area contributed by atoms with Crippen molar-refractivity contribution in [2.24, 2.45) is 5.73 Å². The minimum atomic E-state index is 0.158. The van der Waals surface area contributed by atoms with E-state index in [4.69, 9.17) is 10.5 Å². The van der Waals surface area contributed by atoms with Gasteiger partial charge in [0.1, 0.15) is 5.82 Å². The van der Waals surface area contributed by atoms with Crippen LogP contribution in [0.4, 0.5) is 5.82 Å². The number of hydrogen-bond donors (Lipinski definition) is 2. The molecule has 2 atom stereocenters. The van der Waals surface area contributed by atoms with E-state index < -0.39 is 0 Å². The fraction of sp³-hybridized carbons (Fsp3) is 0.500. The maximum Gasteiger partial charge on any atom is 0.126 e. The van der Waals surface area contributed by atoms with Crippen LogP contribution in [-0.2, 0) is 4.74 Å². The Morgan fingerprint density at radius 3 is 3.14 bits per heavy atom. The lowest BCUT2D eigenvalue weighted by molar-refractivity contribution is 0.0767. The average Bonchev–Trinajstić information content (AvgIpc) is 2.23. The molecule has 2 unspecified atom stereocenters. The van der Waals surface area contributed by atoms with Crippen molar-refractivity contribution in [3.63, 3.8) is 0 Å². The molecule has 0 aromatic carbocycles. The van der Waals surface area contributed by atoms with E-state index in [-0.39, 0.29) is 12.1 Å². The molecule has 1 saturated heterocycles. The highest BCUT2D eigenvalue weighted by Crippen LogP contribution is 2.10. The van der Waals surface area contributed by atoms with Crippen LogP contribution in [-0.4, -0.2) is 30.3 Å². The van der Waals surface area contributed by atoms with Gasteiger partial charge in [-0.3, -0.25) is 0 Å². The highest BCUT2D eigenvalue weighted by atomic mass is 16.5. The largest absolute Gasteiger partial charge is 0.379 e. The van der Waals surface area contributed by atoms with Crippen molar-refractivity contribution in [1.82, 2.24) is 4.98 Å². The van der Waals surface area contributed by atoms with Crippen LogP contribution in [0.5, 0.6) is 0 Å². The molecule has 0 aliphatic carbocycles. The molecule has 1 aliphatic heterocycles. The number of ether oxygens (including phenoxy) is 1. The molecule has 1 aromatic heterocycles. The average molecular weight is 193 g/mol. The smallest absolute Gasteiger partial charge is 0.126 e. The van der Waals surface area contributed by atoms with Gasteiger partial charge < -0.3 is 15.8 Å². The summed E-state index contributed by atoms with van der Waals surface area (Å²) < 4.78 is 5.35. The Kier molecular flexibility index (Phi) is 2.96. The molecule has 0 spiro atoms. The highest BCUT2D eigenvalue weighted by Gasteiger charge is 2.22. The molecule has 0 saturated carbocycles. The predicted octanol–water partition coefficient (Wildman–Crippen LogP) is 0.610. The number of hydrogen-bond acceptors (Lipinski definition) is 4. The minimum absolute atomic E-state index is 0.158. The molecule has 0 bridgehead atoms. The molecule has 4 nitrogen and oxygen atoms in total. The van der Waals surface area contributed by atoms with Gasteiger partial charge in [-0.15, -0.1) is 0 Å². The molecule has 1 aliphatic rings. The van der Waals surface area contributed by atoms with Crippen molar-refractivity contribution in [2.45, 2.75) is 18.5 Å². The Bertz CT molecular complexity index is 278. The first kappa shape index (κ1) is 9.43. The Hall–Kier alpha value is -1.13. The summed E-state index contributed by atoms with van der Waals surface area (Å²) in [7, 11) is 0. The predicted molar refractivity (Wildman–Crippen MR) is 55.1 cm³/mol. The maximum absolute atomic E-state index is 5.96. The fourth-order valence-electron chi connectivity index (χ4n) is 1.54. The van der Waals surface area contributed by atoms with Gasteiger partial charge in [0.05, 0.1) is 12.6 Å². The second-order valence-electron chi connectivity index (χ2n) is 3.49. The highest BCUT2D eigenvalue weighted by molar-refractivity contribution is 5.35. The number of aromatic nitrogens is 1. The maximum atomic E-state index is 5.96. The molecule has 14 heavy (non-hydrogen) atoms. The minimum Gasteiger partial charge on any atom is -0.379 e. The molecular formula is C10H15N3O. The first-order valence-electron chi connectivity index (χ1n) is 4.87. The van der Waals surface area contributed by atoms with Crippen LogP contribution in [0.15, 0.2) is 24.4 Å². The summed E-state index contributed by atoms with van der Waals surface area (Å²) in [4.78, 5) is 4.19. The molecule has 0 amide bonds. The van der Waals surface area contributed by atoms with Gasteiger partial charge in [-0.1, -0.05) is 6.07 Å². The SMILES string of the molecule is NC1CCOCC1Nc1ccccn1. The third-order valence-electron chi connectivity index (χ3n) is 2.41. The molecule has 1 aromatic rings. The van der Waals surface area contributed by atoms with E-state index in [1.807, 2.05) is 18.2 Å². The van der Waals surface area contributed by atoms with Gasteiger partial charge in [-0.05, 0) is 18.6 Å². The van der Waals surface area contributed by atoms with Crippen LogP contribution in [0.3, 0.4) is 0 Å². The number of nitrogens with two attached hydrogens (primary N) is 1. The Morgan fingerprint density at radius 1 is 1.50 bits per heavy atom. The van der Waals surface area contributed by atoms with Crippen molar-refractivity contribution in [3.05, 3.63) is 24.4 Å². The summed E-state index contributed by atoms with van der Waals surface area (Å²) in [6.45, 7) is 1.43. The Balaban J connectivity index is 1.96. The van der Waals surface area contributed by atoms with Gasteiger partial charge in [-0.25, -0.2) is 4.98 Å². The van der Waals surface area contributed by atoms with E-state index in [0.29, 0.717) is 6.61 Å². The number of nitrogens with one attached hydrogen (secondary N) is 1. The fourth-order valence-corrected chi connectivity index (χ4v) is 1.54. The molecule has 76 valence electrons. The zero-order valence-corrected chi connectivity index (χ0v) is 8.02. The van der Waals surface area contributed by atoms with Gasteiger partial charge in [0.2, 0.25) is 0 Å². The molecule has 4 heteroatoms. The summed E-state index contributed by atoms with van der Waals surface area (Å²) in [5, 5.41) is 3.27. The third kappa shape index (κ3) is 2.21. The summed E-state index contributed by atoms with van der Waals surface area (Å²) in [5.74, 6) is 0.860. The number of pyridine rings is 1. The second kappa shape index (κ2) is 4.39. The molecular weight excluding hydrogens is 178 g/mol. The van der Waals surface area contributed by atoms with Crippen molar-refractivity contribution in [2.75, 3.05) is 18.5 Å². The van der Waals surface area contributed by atoms with Crippen LogP contribution in [0, 0.1) is 0 Å². The Morgan fingerprint density at radius 2 is 2.43 bits per heavy atom. The number of rotatable bonds is 2. The quantitative estimate of drug-likeness (QED) is 0.722. The van der Waals surface area contributed by atoms with E-state index in [1.165, 1.54) is 0 Å². The molecule has 3 N–H and O–H groups in total. The van der Waals surface area contributed by atoms with Crippen LogP contribution in [0.25, 0.3) is 0 Å². The summed E-state index contributed by atoms with van der Waals surface area (Å²) in [6, 6.07) is 6.11. The molecule has 1 fully saturated rings. The normalized spacial score (nSPS) is 27.2. The third-order valence-corrected chi connectivity index (χ3v) is 2.41. The zero-order valence-electron chi connectivity index (χ0n) is 8.02. The first-order chi connectivity index (χ1) is 6.86. The van der Waals surface area contributed by atoms with Crippen molar-refractivity contribution in [3.8, 4) is 0 Å². The van der Waals surface area contributed by atoms with Gasteiger partial charge in [-0.2, -0.15) is 0 Å². The Labute approximate surface area is 83.5 Å². The van der Waals surface area contributed by atoms with Crippen LogP contribution in [0.1, 0.15) is 6.42 Å². The molecule has 2 rings (SSSR count). The van der Waals surface area contributed by atoms with Crippen LogP contribution < -0.4 is 11.1 Å². The van der Waals surface area contributed by atoms with Gasteiger partial charge in [0, 0.05) is 18.8 Å². The van der Waals surface area contributed by atoms with Crippen molar-refractivity contribution >= 4 is 5.82 Å². The molecule has 2 heterocycles. The standard InChI is InChI=1S/C10H15N3O/c11-8-4-6-14-7-9(8)13-10-3-1-2-5-12-10/h1-3,5,8-9H,4,6-7,11H2,(H,12,13). The van der Waals surface area contributed by atoms with E-state index in [9.17, 15) is 0 Å². The lowest BCUT2D eigenvalue weighted by atomic mass is 10.1.